The fraction of sp³-hybridized carbons (Fsp3) is 0.350. The summed E-state index contributed by atoms with van der Waals surface area (Å²) in [6.07, 6.45) is -3.51. The van der Waals surface area contributed by atoms with Gasteiger partial charge in [0.05, 0.1) is 22.0 Å². The lowest BCUT2D eigenvalue weighted by atomic mass is 9.75. The van der Waals surface area contributed by atoms with Crippen LogP contribution in [0.5, 0.6) is 0 Å². The lowest BCUT2D eigenvalue weighted by Gasteiger charge is -2.29. The minimum atomic E-state index is -4.58. The second kappa shape index (κ2) is 7.92. The molecule has 11 heteroatoms. The van der Waals surface area contributed by atoms with E-state index in [1.807, 2.05) is 13.8 Å². The number of nitrogens with zero attached hydrogens (tertiary/aromatic N) is 2. The summed E-state index contributed by atoms with van der Waals surface area (Å²) < 4.78 is 44.8. The molecule has 5 N–H and O–H groups in total. The molecule has 166 valence electrons. The summed E-state index contributed by atoms with van der Waals surface area (Å²) in [5, 5.41) is 10.2. The maximum absolute atomic E-state index is 13.0. The molecule has 0 bridgehead atoms. The van der Waals surface area contributed by atoms with Crippen molar-refractivity contribution in [3.63, 3.8) is 0 Å². The van der Waals surface area contributed by atoms with Crippen molar-refractivity contribution in [3.8, 4) is 0 Å². The fourth-order valence-corrected chi connectivity index (χ4v) is 3.68. The van der Waals surface area contributed by atoms with Gasteiger partial charge in [0, 0.05) is 17.5 Å². The first kappa shape index (κ1) is 22.7. The van der Waals surface area contributed by atoms with E-state index in [-0.39, 0.29) is 27.8 Å². The first-order valence-electron chi connectivity index (χ1n) is 9.25. The number of nitrogens with one attached hydrogen (secondary N) is 1. The number of hydrogen-bond acceptors (Lipinski definition) is 4. The molecule has 7 nitrogen and oxygen atoms in total. The molecule has 0 aliphatic heterocycles. The number of nitrogens with two attached hydrogens (primary N) is 2. The van der Waals surface area contributed by atoms with E-state index in [1.165, 1.54) is 0 Å². The third-order valence-corrected chi connectivity index (χ3v) is 5.16. The van der Waals surface area contributed by atoms with E-state index >= 15 is 0 Å². The summed E-state index contributed by atoms with van der Waals surface area (Å²) in [6.45, 7) is 5.66. The number of fused-ring (bicyclic) bond motifs is 1. The standard InChI is InChI=1S/C20H21ClF3N5O2/c1-9-15-13(28-29-18(25)26)7-19(2,3)8-14(15)31-16(9)17(30)27-12-6-10(20(22,23)24)4-5-11(12)21/h4-6H,7-8H2,1-3H3,(H,27,30)(H4,25,26,29)/b28-13-. The maximum atomic E-state index is 13.0. The number of alkyl halides is 3. The molecule has 0 spiro atoms. The molecule has 1 aromatic heterocycles. The van der Waals surface area contributed by atoms with Crippen LogP contribution in [0.3, 0.4) is 0 Å². The van der Waals surface area contributed by atoms with Crippen molar-refractivity contribution < 1.29 is 22.4 Å². The molecule has 1 amide bonds. The fourth-order valence-electron chi connectivity index (χ4n) is 3.51. The van der Waals surface area contributed by atoms with E-state index in [0.29, 0.717) is 35.4 Å². The molecule has 3 rings (SSSR count). The van der Waals surface area contributed by atoms with Gasteiger partial charge >= 0.3 is 6.18 Å². The van der Waals surface area contributed by atoms with E-state index in [2.05, 4.69) is 15.5 Å². The average Bonchev–Trinajstić information content (AvgIpc) is 2.95. The Hall–Kier alpha value is -3.01. The smallest absolute Gasteiger partial charge is 0.416 e. The lowest BCUT2D eigenvalue weighted by Crippen LogP contribution is -2.27. The zero-order chi connectivity index (χ0) is 23.1. The molecule has 0 saturated carbocycles. The van der Waals surface area contributed by atoms with Crippen LogP contribution in [0.4, 0.5) is 18.9 Å². The number of halogens is 4. The molecule has 0 unspecified atom stereocenters. The molecule has 0 atom stereocenters. The number of guanidine groups is 1. The minimum Gasteiger partial charge on any atom is -0.455 e. The number of furan rings is 1. The van der Waals surface area contributed by atoms with Crippen LogP contribution in [-0.4, -0.2) is 17.6 Å². The van der Waals surface area contributed by atoms with Gasteiger partial charge in [0.25, 0.3) is 5.91 Å². The Morgan fingerprint density at radius 3 is 2.55 bits per heavy atom. The largest absolute Gasteiger partial charge is 0.455 e. The quantitative estimate of drug-likeness (QED) is 0.359. The first-order valence-corrected chi connectivity index (χ1v) is 9.62. The Morgan fingerprint density at radius 1 is 1.26 bits per heavy atom. The highest BCUT2D eigenvalue weighted by Gasteiger charge is 2.36. The summed E-state index contributed by atoms with van der Waals surface area (Å²) in [7, 11) is 0. The Balaban J connectivity index is 2.00. The van der Waals surface area contributed by atoms with Gasteiger partial charge < -0.3 is 21.2 Å². The van der Waals surface area contributed by atoms with Gasteiger partial charge in [-0.3, -0.25) is 4.79 Å². The van der Waals surface area contributed by atoms with Gasteiger partial charge in [-0.25, -0.2) is 0 Å². The van der Waals surface area contributed by atoms with E-state index in [4.69, 9.17) is 27.5 Å². The van der Waals surface area contributed by atoms with E-state index in [0.717, 1.165) is 18.2 Å². The van der Waals surface area contributed by atoms with Crippen LogP contribution in [0, 0.1) is 12.3 Å². The van der Waals surface area contributed by atoms with E-state index in [1.54, 1.807) is 6.92 Å². The third-order valence-electron chi connectivity index (χ3n) is 4.83. The van der Waals surface area contributed by atoms with Crippen LogP contribution in [0.2, 0.25) is 5.02 Å². The van der Waals surface area contributed by atoms with Gasteiger partial charge in [0.15, 0.2) is 5.76 Å². The minimum absolute atomic E-state index is 0.0357. The number of amides is 1. The van der Waals surface area contributed by atoms with Crippen molar-refractivity contribution in [1.29, 1.82) is 0 Å². The van der Waals surface area contributed by atoms with Crippen molar-refractivity contribution in [2.75, 3.05) is 5.32 Å². The van der Waals surface area contributed by atoms with Crippen LogP contribution < -0.4 is 16.8 Å². The van der Waals surface area contributed by atoms with Gasteiger partial charge in [-0.1, -0.05) is 25.4 Å². The van der Waals surface area contributed by atoms with Crippen molar-refractivity contribution in [2.45, 2.75) is 39.8 Å². The first-order chi connectivity index (χ1) is 14.3. The number of carbonyl (C=O) groups is 1. The van der Waals surface area contributed by atoms with E-state index < -0.39 is 17.6 Å². The summed E-state index contributed by atoms with van der Waals surface area (Å²) in [4.78, 5) is 12.8. The van der Waals surface area contributed by atoms with Crippen molar-refractivity contribution >= 4 is 34.9 Å². The Kier molecular flexibility index (Phi) is 5.79. The summed E-state index contributed by atoms with van der Waals surface area (Å²) in [5.74, 6) is -0.463. The lowest BCUT2D eigenvalue weighted by molar-refractivity contribution is -0.137. The highest BCUT2D eigenvalue weighted by atomic mass is 35.5. The maximum Gasteiger partial charge on any atom is 0.416 e. The number of anilines is 1. The molecule has 2 aromatic rings. The number of benzene rings is 1. The van der Waals surface area contributed by atoms with Crippen LogP contribution in [0.25, 0.3) is 0 Å². The van der Waals surface area contributed by atoms with Crippen LogP contribution in [-0.2, 0) is 12.6 Å². The van der Waals surface area contributed by atoms with Crippen LogP contribution >= 0.6 is 11.6 Å². The molecule has 0 radical (unpaired) electrons. The highest BCUT2D eigenvalue weighted by molar-refractivity contribution is 6.34. The Bertz CT molecular complexity index is 1100. The van der Waals surface area contributed by atoms with E-state index in [9.17, 15) is 18.0 Å². The van der Waals surface area contributed by atoms with Gasteiger partial charge in [0.1, 0.15) is 5.76 Å². The van der Waals surface area contributed by atoms with Crippen molar-refractivity contribution in [3.05, 3.63) is 51.4 Å². The second-order valence-electron chi connectivity index (χ2n) is 8.09. The molecule has 0 saturated heterocycles. The monoisotopic (exact) mass is 455 g/mol. The number of carbonyl (C=O) groups excluding carboxylic acids is 1. The number of hydrogen-bond donors (Lipinski definition) is 3. The van der Waals surface area contributed by atoms with Crippen molar-refractivity contribution in [1.82, 2.24) is 0 Å². The Morgan fingerprint density at radius 2 is 1.94 bits per heavy atom. The zero-order valence-electron chi connectivity index (χ0n) is 17.0. The third kappa shape index (κ3) is 4.84. The second-order valence-corrected chi connectivity index (χ2v) is 8.50. The summed E-state index contributed by atoms with van der Waals surface area (Å²) in [5.41, 5.74) is 11.1. The van der Waals surface area contributed by atoms with Crippen molar-refractivity contribution in [2.24, 2.45) is 27.1 Å². The summed E-state index contributed by atoms with van der Waals surface area (Å²) in [6, 6.07) is 2.68. The molecular formula is C20H21ClF3N5O2. The Labute approximate surface area is 181 Å². The highest BCUT2D eigenvalue weighted by Crippen LogP contribution is 2.39. The SMILES string of the molecule is Cc1c(C(=O)Nc2cc(C(F)(F)F)ccc2Cl)oc2c1/C(=N\N=C(N)N)CC(C)(C)C2. The molecule has 1 aliphatic carbocycles. The van der Waals surface area contributed by atoms with Gasteiger partial charge in [0.2, 0.25) is 5.96 Å². The van der Waals surface area contributed by atoms with Gasteiger partial charge in [-0.15, -0.1) is 5.10 Å². The molecular weight excluding hydrogens is 435 g/mol. The zero-order valence-corrected chi connectivity index (χ0v) is 17.8. The molecule has 1 heterocycles. The molecule has 0 fully saturated rings. The van der Waals surface area contributed by atoms with Gasteiger partial charge in [-0.2, -0.15) is 18.3 Å². The molecule has 1 aromatic carbocycles. The predicted molar refractivity (Wildman–Crippen MR) is 112 cm³/mol. The van der Waals surface area contributed by atoms with Crippen LogP contribution in [0.1, 0.15) is 53.3 Å². The number of rotatable bonds is 3. The predicted octanol–water partition coefficient (Wildman–Crippen LogP) is 4.46. The normalized spacial score (nSPS) is 16.7. The summed E-state index contributed by atoms with van der Waals surface area (Å²) >= 11 is 5.98. The average molecular weight is 456 g/mol. The molecule has 31 heavy (non-hydrogen) atoms. The van der Waals surface area contributed by atoms with Gasteiger partial charge in [-0.05, 0) is 37.0 Å². The van der Waals surface area contributed by atoms with Crippen LogP contribution in [0.15, 0.2) is 32.8 Å². The topological polar surface area (TPSA) is 119 Å². The molecule has 1 aliphatic rings.